The van der Waals surface area contributed by atoms with E-state index in [9.17, 15) is 0 Å². The van der Waals surface area contributed by atoms with Crippen LogP contribution in [0.2, 0.25) is 18.6 Å². The molecule has 0 fully saturated rings. The Morgan fingerprint density at radius 3 is 1.89 bits per heavy atom. The van der Waals surface area contributed by atoms with Crippen LogP contribution in [-0.2, 0) is 22.1 Å². The first kappa shape index (κ1) is 29.0. The monoisotopic (exact) mass is 426 g/mol. The molecule has 0 aromatic heterocycles. The number of nitrogens with one attached hydrogen (secondary N) is 1. The van der Waals surface area contributed by atoms with E-state index < -0.39 is 17.4 Å². The molecule has 0 atom stereocenters. The van der Waals surface area contributed by atoms with Gasteiger partial charge in [-0.2, -0.15) is 0 Å². The van der Waals surface area contributed by atoms with Crippen molar-refractivity contribution >= 4 is 23.6 Å². The number of aliphatic imine (C=N–C) groups is 1. The summed E-state index contributed by atoms with van der Waals surface area (Å²) in [4.78, 5) is 4.12. The smallest absolute Gasteiger partial charge is 0.398 e. The molecule has 0 aliphatic rings. The minimum atomic E-state index is -2.35. The van der Waals surface area contributed by atoms with Crippen molar-refractivity contribution in [3.63, 3.8) is 0 Å². The fraction of sp³-hybridized carbons (Fsp3) is 0.938. The Morgan fingerprint density at radius 2 is 1.44 bits per heavy atom. The summed E-state index contributed by atoms with van der Waals surface area (Å²) in [7, 11) is 4.07. The average molecular weight is 427 g/mol. The molecule has 0 aromatic rings. The van der Waals surface area contributed by atoms with Crippen LogP contribution in [-0.4, -0.2) is 91.9 Å². The Hall–Kier alpha value is -0.216. The van der Waals surface area contributed by atoms with Gasteiger partial charge in [-0.15, -0.1) is 0 Å². The summed E-state index contributed by atoms with van der Waals surface area (Å²) in [5, 5.41) is 3.21. The highest BCUT2D eigenvalue weighted by atomic mass is 28.4. The van der Waals surface area contributed by atoms with Gasteiger partial charge in [-0.05, 0) is 38.2 Å². The van der Waals surface area contributed by atoms with E-state index in [0.29, 0.717) is 19.6 Å². The summed E-state index contributed by atoms with van der Waals surface area (Å²) in [5.41, 5.74) is 10.6. The van der Waals surface area contributed by atoms with Crippen molar-refractivity contribution in [1.29, 1.82) is 0 Å². The van der Waals surface area contributed by atoms with Crippen molar-refractivity contribution in [2.24, 2.45) is 16.5 Å². The van der Waals surface area contributed by atoms with Crippen LogP contribution in [0.1, 0.15) is 12.8 Å². The topological polar surface area (TPSA) is 123 Å². The van der Waals surface area contributed by atoms with E-state index in [0.717, 1.165) is 38.0 Å². The molecule has 9 nitrogen and oxygen atoms in total. The molecule has 0 aliphatic heterocycles. The SMILES string of the molecule is CO[Si](C)(CCC=NCCN)OC.CO[Si](CCCNCCN)(OC)OC. The quantitative estimate of drug-likeness (QED) is 0.186. The second-order valence-electron chi connectivity index (χ2n) is 5.90. The van der Waals surface area contributed by atoms with Gasteiger partial charge in [-0.25, -0.2) is 0 Å². The van der Waals surface area contributed by atoms with E-state index in [1.807, 2.05) is 12.8 Å². The van der Waals surface area contributed by atoms with Gasteiger partial charge in [-0.3, -0.25) is 4.99 Å². The van der Waals surface area contributed by atoms with E-state index in [1.54, 1.807) is 35.5 Å². The molecule has 0 amide bonds. The second kappa shape index (κ2) is 19.1. The highest BCUT2D eigenvalue weighted by Gasteiger charge is 2.36. The van der Waals surface area contributed by atoms with Gasteiger partial charge in [0.25, 0.3) is 0 Å². The molecule has 0 rings (SSSR count). The number of nitrogens with zero attached hydrogens (tertiary/aromatic N) is 1. The summed E-state index contributed by atoms with van der Waals surface area (Å²) < 4.78 is 26.5. The molecule has 0 spiro atoms. The maximum Gasteiger partial charge on any atom is 0.500 e. The molecule has 0 saturated carbocycles. The first-order valence-electron chi connectivity index (χ1n) is 9.28. The van der Waals surface area contributed by atoms with E-state index in [-0.39, 0.29) is 0 Å². The fourth-order valence-corrected chi connectivity index (χ4v) is 5.04. The van der Waals surface area contributed by atoms with Gasteiger partial charge >= 0.3 is 17.4 Å². The highest BCUT2D eigenvalue weighted by Crippen LogP contribution is 2.14. The summed E-state index contributed by atoms with van der Waals surface area (Å²) >= 11 is 0. The van der Waals surface area contributed by atoms with Crippen LogP contribution in [0.15, 0.2) is 4.99 Å². The number of hydrogen-bond donors (Lipinski definition) is 3. The highest BCUT2D eigenvalue weighted by molar-refractivity contribution is 6.66. The van der Waals surface area contributed by atoms with Gasteiger partial charge in [0.15, 0.2) is 0 Å². The van der Waals surface area contributed by atoms with Crippen LogP contribution in [0.4, 0.5) is 0 Å². The van der Waals surface area contributed by atoms with Gasteiger partial charge in [-0.1, -0.05) is 0 Å². The van der Waals surface area contributed by atoms with Gasteiger partial charge in [0.1, 0.15) is 0 Å². The average Bonchev–Trinajstić information content (AvgIpc) is 2.71. The molecule has 164 valence electrons. The summed E-state index contributed by atoms with van der Waals surface area (Å²) in [6.45, 7) is 5.80. The van der Waals surface area contributed by atoms with Crippen molar-refractivity contribution in [2.75, 3.05) is 68.3 Å². The first-order valence-corrected chi connectivity index (χ1v) is 13.7. The van der Waals surface area contributed by atoms with Crippen molar-refractivity contribution in [2.45, 2.75) is 31.5 Å². The Labute approximate surface area is 167 Å². The Morgan fingerprint density at radius 1 is 0.852 bits per heavy atom. The summed E-state index contributed by atoms with van der Waals surface area (Å²) in [5.74, 6) is 0. The predicted molar refractivity (Wildman–Crippen MR) is 116 cm³/mol. The maximum absolute atomic E-state index is 5.35. The lowest BCUT2D eigenvalue weighted by Crippen LogP contribution is -2.43. The summed E-state index contributed by atoms with van der Waals surface area (Å²) in [6.07, 6.45) is 3.78. The van der Waals surface area contributed by atoms with Crippen molar-refractivity contribution in [3.8, 4) is 0 Å². The third kappa shape index (κ3) is 15.4. The van der Waals surface area contributed by atoms with E-state index in [1.165, 1.54) is 0 Å². The van der Waals surface area contributed by atoms with Gasteiger partial charge in [0.05, 0.1) is 6.54 Å². The summed E-state index contributed by atoms with van der Waals surface area (Å²) in [6, 6.07) is 1.77. The van der Waals surface area contributed by atoms with Gasteiger partial charge in [0, 0.05) is 61.2 Å². The zero-order valence-electron chi connectivity index (χ0n) is 18.1. The van der Waals surface area contributed by atoms with Gasteiger partial charge in [0.2, 0.25) is 0 Å². The van der Waals surface area contributed by atoms with Crippen molar-refractivity contribution in [3.05, 3.63) is 0 Å². The lowest BCUT2D eigenvalue weighted by Gasteiger charge is -2.24. The van der Waals surface area contributed by atoms with E-state index >= 15 is 0 Å². The molecule has 0 saturated heterocycles. The fourth-order valence-electron chi connectivity index (χ4n) is 2.08. The molecule has 0 aliphatic carbocycles. The predicted octanol–water partition coefficient (Wildman–Crippen LogP) is 0.574. The van der Waals surface area contributed by atoms with E-state index in [4.69, 9.17) is 33.6 Å². The molecule has 27 heavy (non-hydrogen) atoms. The van der Waals surface area contributed by atoms with Crippen LogP contribution in [0.25, 0.3) is 0 Å². The van der Waals surface area contributed by atoms with Crippen LogP contribution in [0, 0.1) is 0 Å². The number of nitrogens with two attached hydrogens (primary N) is 2. The number of hydrogen-bond acceptors (Lipinski definition) is 9. The Kier molecular flexibility index (Phi) is 20.5. The van der Waals surface area contributed by atoms with Crippen LogP contribution >= 0.6 is 0 Å². The molecule has 5 N–H and O–H groups in total. The second-order valence-corrected chi connectivity index (χ2v) is 12.6. The van der Waals surface area contributed by atoms with Crippen LogP contribution < -0.4 is 16.8 Å². The van der Waals surface area contributed by atoms with Gasteiger partial charge < -0.3 is 38.9 Å². The normalized spacial score (nSPS) is 12.3. The lowest BCUT2D eigenvalue weighted by atomic mass is 10.5. The zero-order valence-corrected chi connectivity index (χ0v) is 20.1. The Bertz CT molecular complexity index is 339. The largest absolute Gasteiger partial charge is 0.500 e. The molecular weight excluding hydrogens is 384 g/mol. The zero-order chi connectivity index (χ0) is 21.0. The molecule has 0 heterocycles. The molecule has 11 heteroatoms. The third-order valence-electron chi connectivity index (χ3n) is 4.07. The van der Waals surface area contributed by atoms with E-state index in [2.05, 4.69) is 10.3 Å². The van der Waals surface area contributed by atoms with Crippen LogP contribution in [0.3, 0.4) is 0 Å². The standard InChI is InChI=1S/C8H22N2O3Si.C8H20N2O2Si/c1-11-14(12-2,13-3)8-4-6-10-7-5-9;1-11-13(3,12-2)8-4-6-10-7-5-9/h10H,4-9H2,1-3H3;6H,4-5,7-9H2,1-3H3. The molecule has 0 radical (unpaired) electrons. The molecule has 0 unspecified atom stereocenters. The Balaban J connectivity index is 0. The number of rotatable bonds is 16. The third-order valence-corrected chi connectivity index (χ3v) is 9.83. The minimum absolute atomic E-state index is 0.611. The molecule has 0 bridgehead atoms. The first-order chi connectivity index (χ1) is 12.9. The van der Waals surface area contributed by atoms with Crippen molar-refractivity contribution < 1.29 is 22.1 Å². The molecular formula is C16H42N4O5Si2. The molecule has 0 aromatic carbocycles. The minimum Gasteiger partial charge on any atom is -0.398 e. The van der Waals surface area contributed by atoms with Crippen LogP contribution in [0.5, 0.6) is 0 Å². The maximum atomic E-state index is 5.35. The lowest BCUT2D eigenvalue weighted by molar-refractivity contribution is 0.123. The van der Waals surface area contributed by atoms with Crippen molar-refractivity contribution in [1.82, 2.24) is 5.32 Å².